The van der Waals surface area contributed by atoms with Gasteiger partial charge in [-0.3, -0.25) is 0 Å². The lowest BCUT2D eigenvalue weighted by Crippen LogP contribution is -2.03. The van der Waals surface area contributed by atoms with Crippen LogP contribution in [0.1, 0.15) is 15.4 Å². The summed E-state index contributed by atoms with van der Waals surface area (Å²) in [6, 6.07) is 9.19. The van der Waals surface area contributed by atoms with E-state index >= 15 is 0 Å². The van der Waals surface area contributed by atoms with E-state index < -0.39 is 0 Å². The summed E-state index contributed by atoms with van der Waals surface area (Å²) in [6.07, 6.45) is 0. The van der Waals surface area contributed by atoms with Crippen LogP contribution >= 0.6 is 22.7 Å². The van der Waals surface area contributed by atoms with Crippen LogP contribution in [0.5, 0.6) is 11.5 Å². The first-order valence-electron chi connectivity index (χ1n) is 7.08. The maximum Gasteiger partial charge on any atom is 0.348 e. The Bertz CT molecular complexity index is 827. The molecule has 0 radical (unpaired) electrons. The molecule has 0 N–H and O–H groups in total. The van der Waals surface area contributed by atoms with E-state index in [0.29, 0.717) is 16.4 Å². The molecule has 0 aliphatic heterocycles. The summed E-state index contributed by atoms with van der Waals surface area (Å²) in [5.74, 6) is 0.990. The number of thiazole rings is 1. The third kappa shape index (κ3) is 3.58. The summed E-state index contributed by atoms with van der Waals surface area (Å²) in [7, 11) is 3.19. The number of aromatic nitrogens is 1. The zero-order valence-corrected chi connectivity index (χ0v) is 14.8. The van der Waals surface area contributed by atoms with Gasteiger partial charge in [-0.15, -0.1) is 22.7 Å². The minimum Gasteiger partial charge on any atom is -0.493 e. The topological polar surface area (TPSA) is 57.7 Å². The van der Waals surface area contributed by atoms with Crippen LogP contribution in [0.25, 0.3) is 10.6 Å². The van der Waals surface area contributed by atoms with Crippen molar-refractivity contribution in [3.63, 3.8) is 0 Å². The molecule has 0 atom stereocenters. The minimum absolute atomic E-state index is 0.153. The molecule has 0 spiro atoms. The Labute approximate surface area is 147 Å². The van der Waals surface area contributed by atoms with Crippen molar-refractivity contribution in [2.75, 3.05) is 14.2 Å². The van der Waals surface area contributed by atoms with Crippen molar-refractivity contribution in [1.29, 1.82) is 0 Å². The lowest BCUT2D eigenvalue weighted by Gasteiger charge is -2.08. The number of hydrogen-bond donors (Lipinski definition) is 0. The van der Waals surface area contributed by atoms with Gasteiger partial charge < -0.3 is 14.2 Å². The first-order chi connectivity index (χ1) is 11.7. The smallest absolute Gasteiger partial charge is 0.348 e. The van der Waals surface area contributed by atoms with Crippen LogP contribution in [0.15, 0.2) is 41.1 Å². The molecule has 3 rings (SSSR count). The zero-order valence-electron chi connectivity index (χ0n) is 13.1. The van der Waals surface area contributed by atoms with Crippen LogP contribution in [0.4, 0.5) is 0 Å². The highest BCUT2D eigenvalue weighted by atomic mass is 32.1. The molecule has 124 valence electrons. The Morgan fingerprint density at radius 1 is 1.12 bits per heavy atom. The highest BCUT2D eigenvalue weighted by Crippen LogP contribution is 2.33. The number of carbonyl (C=O) groups is 1. The van der Waals surface area contributed by atoms with Gasteiger partial charge in [-0.2, -0.15) is 0 Å². The van der Waals surface area contributed by atoms with Crippen molar-refractivity contribution in [3.8, 4) is 22.1 Å². The number of thiophene rings is 1. The Balaban J connectivity index is 1.70. The van der Waals surface area contributed by atoms with Gasteiger partial charge in [0.25, 0.3) is 0 Å². The molecule has 0 fully saturated rings. The van der Waals surface area contributed by atoms with E-state index in [4.69, 9.17) is 14.2 Å². The molecule has 0 bridgehead atoms. The standard InChI is InChI=1S/C17H15NO4S2/c1-20-13-6-5-11(8-14(13)21-2)16-18-12(10-24-16)9-22-17(19)15-4-3-7-23-15/h3-8,10H,9H2,1-2H3. The van der Waals surface area contributed by atoms with E-state index in [9.17, 15) is 4.79 Å². The van der Waals surface area contributed by atoms with Gasteiger partial charge in [-0.1, -0.05) is 6.07 Å². The van der Waals surface area contributed by atoms with Crippen molar-refractivity contribution in [3.05, 3.63) is 51.7 Å². The van der Waals surface area contributed by atoms with E-state index in [1.165, 1.54) is 22.7 Å². The Morgan fingerprint density at radius 2 is 1.96 bits per heavy atom. The fraction of sp³-hybridized carbons (Fsp3) is 0.176. The lowest BCUT2D eigenvalue weighted by atomic mass is 10.2. The van der Waals surface area contributed by atoms with E-state index in [-0.39, 0.29) is 12.6 Å². The molecule has 0 aliphatic carbocycles. The molecule has 3 aromatic rings. The van der Waals surface area contributed by atoms with Crippen molar-refractivity contribution < 1.29 is 19.0 Å². The summed E-state index contributed by atoms with van der Waals surface area (Å²) in [5.41, 5.74) is 1.64. The van der Waals surface area contributed by atoms with Crippen LogP contribution in [0.2, 0.25) is 0 Å². The fourth-order valence-electron chi connectivity index (χ4n) is 2.08. The van der Waals surface area contributed by atoms with Crippen LogP contribution in [-0.4, -0.2) is 25.2 Å². The van der Waals surface area contributed by atoms with Gasteiger partial charge in [0.2, 0.25) is 0 Å². The molecule has 7 heteroatoms. The molecular weight excluding hydrogens is 346 g/mol. The predicted molar refractivity (Wildman–Crippen MR) is 94.1 cm³/mol. The first kappa shape index (κ1) is 16.5. The Hall–Kier alpha value is -2.38. The van der Waals surface area contributed by atoms with Gasteiger partial charge in [0, 0.05) is 10.9 Å². The number of benzene rings is 1. The average Bonchev–Trinajstić information content (AvgIpc) is 3.30. The number of carbonyl (C=O) groups excluding carboxylic acids is 1. The van der Waals surface area contributed by atoms with Gasteiger partial charge in [0.15, 0.2) is 11.5 Å². The second kappa shape index (κ2) is 7.46. The molecule has 0 saturated heterocycles. The molecular formula is C17H15NO4S2. The SMILES string of the molecule is COc1ccc(-c2nc(COC(=O)c3cccs3)cs2)cc1OC. The van der Waals surface area contributed by atoms with Crippen LogP contribution in [-0.2, 0) is 11.3 Å². The number of esters is 1. The van der Waals surface area contributed by atoms with E-state index in [1.54, 1.807) is 20.3 Å². The summed E-state index contributed by atoms with van der Waals surface area (Å²) >= 11 is 2.85. The second-order valence-corrected chi connectivity index (χ2v) is 6.57. The zero-order chi connectivity index (χ0) is 16.9. The van der Waals surface area contributed by atoms with Crippen LogP contribution < -0.4 is 9.47 Å². The minimum atomic E-state index is -0.328. The molecule has 0 saturated carbocycles. The molecule has 0 unspecified atom stereocenters. The monoisotopic (exact) mass is 361 g/mol. The summed E-state index contributed by atoms with van der Waals surface area (Å²) in [6.45, 7) is 0.153. The molecule has 2 heterocycles. The van der Waals surface area contributed by atoms with Crippen LogP contribution in [0, 0.1) is 0 Å². The molecule has 24 heavy (non-hydrogen) atoms. The molecule has 2 aromatic heterocycles. The number of hydrogen-bond acceptors (Lipinski definition) is 7. The summed E-state index contributed by atoms with van der Waals surface area (Å²) in [5, 5.41) is 4.56. The highest BCUT2D eigenvalue weighted by Gasteiger charge is 2.12. The van der Waals surface area contributed by atoms with Gasteiger partial charge in [-0.25, -0.2) is 9.78 Å². The average molecular weight is 361 g/mol. The number of rotatable bonds is 6. The normalized spacial score (nSPS) is 10.4. The quantitative estimate of drug-likeness (QED) is 0.615. The third-order valence-corrected chi connectivity index (χ3v) is 5.05. The third-order valence-electron chi connectivity index (χ3n) is 3.26. The van der Waals surface area contributed by atoms with E-state index in [0.717, 1.165) is 16.3 Å². The highest BCUT2D eigenvalue weighted by molar-refractivity contribution is 7.13. The first-order valence-corrected chi connectivity index (χ1v) is 8.84. The Kier molecular flexibility index (Phi) is 5.12. The number of methoxy groups -OCH3 is 2. The molecule has 0 aliphatic rings. The van der Waals surface area contributed by atoms with Crippen molar-refractivity contribution in [2.24, 2.45) is 0 Å². The maximum absolute atomic E-state index is 11.8. The van der Waals surface area contributed by atoms with Gasteiger partial charge >= 0.3 is 5.97 Å². The summed E-state index contributed by atoms with van der Waals surface area (Å²) in [4.78, 5) is 16.9. The number of ether oxygens (including phenoxy) is 3. The van der Waals surface area contributed by atoms with Crippen molar-refractivity contribution >= 4 is 28.6 Å². The van der Waals surface area contributed by atoms with E-state index in [1.807, 2.05) is 35.0 Å². The Morgan fingerprint density at radius 3 is 2.67 bits per heavy atom. The largest absolute Gasteiger partial charge is 0.493 e. The molecule has 5 nitrogen and oxygen atoms in total. The second-order valence-electron chi connectivity index (χ2n) is 4.77. The fourth-order valence-corrected chi connectivity index (χ4v) is 3.50. The predicted octanol–water partition coefficient (Wildman–Crippen LogP) is 4.25. The van der Waals surface area contributed by atoms with Crippen molar-refractivity contribution in [1.82, 2.24) is 4.98 Å². The molecule has 1 aromatic carbocycles. The maximum atomic E-state index is 11.8. The lowest BCUT2D eigenvalue weighted by molar-refractivity contribution is 0.0474. The number of nitrogens with zero attached hydrogens (tertiary/aromatic N) is 1. The van der Waals surface area contributed by atoms with Gasteiger partial charge in [0.05, 0.1) is 19.9 Å². The van der Waals surface area contributed by atoms with Gasteiger partial charge in [0.1, 0.15) is 16.5 Å². The van der Waals surface area contributed by atoms with E-state index in [2.05, 4.69) is 4.98 Å². The van der Waals surface area contributed by atoms with Gasteiger partial charge in [-0.05, 0) is 29.6 Å². The summed E-state index contributed by atoms with van der Waals surface area (Å²) < 4.78 is 15.8. The van der Waals surface area contributed by atoms with Crippen molar-refractivity contribution in [2.45, 2.75) is 6.61 Å². The molecule has 0 amide bonds. The van der Waals surface area contributed by atoms with Crippen LogP contribution in [0.3, 0.4) is 0 Å².